The third-order valence-electron chi connectivity index (χ3n) is 5.85. The number of imide groups is 1. The number of nitrogens with one attached hydrogen (secondary N) is 3. The molecule has 3 N–H and O–H groups in total. The van der Waals surface area contributed by atoms with Crippen LogP contribution >= 0.6 is 0 Å². The highest BCUT2D eigenvalue weighted by molar-refractivity contribution is 6.08. The zero-order valence-electron chi connectivity index (χ0n) is 18.2. The number of urea groups is 1. The average molecular weight is 471 g/mol. The monoisotopic (exact) mass is 471 g/mol. The summed E-state index contributed by atoms with van der Waals surface area (Å²) in [4.78, 5) is 37.8. The molecule has 176 valence electrons. The first-order valence-electron chi connectivity index (χ1n) is 10.2. The van der Waals surface area contributed by atoms with Gasteiger partial charge in [-0.15, -0.1) is 0 Å². The summed E-state index contributed by atoms with van der Waals surface area (Å²) in [6.45, 7) is 1.46. The highest BCUT2D eigenvalue weighted by Crippen LogP contribution is 2.32. The number of alkyl halides is 3. The van der Waals surface area contributed by atoms with E-state index in [1.807, 2.05) is 0 Å². The molecule has 1 atom stereocenters. The molecule has 34 heavy (non-hydrogen) atoms. The molecular formula is C23H20F3N5O3. The van der Waals surface area contributed by atoms with Gasteiger partial charge in [0.15, 0.2) is 5.54 Å². The van der Waals surface area contributed by atoms with Crippen LogP contribution in [0.3, 0.4) is 0 Å². The van der Waals surface area contributed by atoms with E-state index >= 15 is 0 Å². The number of hydrogen-bond acceptors (Lipinski definition) is 4. The largest absolute Gasteiger partial charge is 0.416 e. The van der Waals surface area contributed by atoms with Crippen molar-refractivity contribution in [3.63, 3.8) is 0 Å². The maximum atomic E-state index is 13.1. The van der Waals surface area contributed by atoms with Gasteiger partial charge in [-0.3, -0.25) is 19.6 Å². The van der Waals surface area contributed by atoms with Crippen molar-refractivity contribution >= 4 is 17.8 Å². The van der Waals surface area contributed by atoms with E-state index < -0.39 is 35.1 Å². The third kappa shape index (κ3) is 4.00. The van der Waals surface area contributed by atoms with Gasteiger partial charge in [0.2, 0.25) is 0 Å². The predicted molar refractivity (Wildman–Crippen MR) is 116 cm³/mol. The molecule has 0 aliphatic carbocycles. The number of amides is 4. The third-order valence-corrected chi connectivity index (χ3v) is 5.85. The van der Waals surface area contributed by atoms with Gasteiger partial charge in [0.25, 0.3) is 11.8 Å². The van der Waals surface area contributed by atoms with Crippen LogP contribution in [0.15, 0.2) is 54.7 Å². The molecule has 0 unspecified atom stereocenters. The fraction of sp³-hybridized carbons (Fsp3) is 0.217. The number of aromatic nitrogens is 2. The number of nitrogens with zero attached hydrogens (tertiary/aromatic N) is 2. The molecule has 1 fully saturated rings. The summed E-state index contributed by atoms with van der Waals surface area (Å²) in [6, 6.07) is 10.2. The molecule has 0 bridgehead atoms. The number of aryl methyl sites for hydroxylation is 1. The van der Waals surface area contributed by atoms with Crippen molar-refractivity contribution in [1.29, 1.82) is 0 Å². The van der Waals surface area contributed by atoms with Crippen molar-refractivity contribution in [2.75, 3.05) is 6.54 Å². The SMILES string of the molecule is Cc1c([C@]2(CNC(=O)c3ccccc3-c3ccc(C(F)(F)F)cc3)NC(=O)NC2=O)cnn1C. The van der Waals surface area contributed by atoms with E-state index in [0.29, 0.717) is 22.4 Å². The van der Waals surface area contributed by atoms with Crippen LogP contribution in [-0.4, -0.2) is 34.2 Å². The topological polar surface area (TPSA) is 105 Å². The lowest BCUT2D eigenvalue weighted by Crippen LogP contribution is -2.52. The first-order chi connectivity index (χ1) is 16.0. The summed E-state index contributed by atoms with van der Waals surface area (Å²) in [5.74, 6) is -1.20. The van der Waals surface area contributed by atoms with Crippen molar-refractivity contribution in [3.8, 4) is 11.1 Å². The molecule has 4 rings (SSSR count). The first kappa shape index (κ1) is 23.0. The molecule has 1 aliphatic rings. The van der Waals surface area contributed by atoms with Gasteiger partial charge in [-0.25, -0.2) is 4.79 Å². The van der Waals surface area contributed by atoms with E-state index in [4.69, 9.17) is 0 Å². The van der Waals surface area contributed by atoms with E-state index in [2.05, 4.69) is 21.0 Å². The van der Waals surface area contributed by atoms with E-state index in [9.17, 15) is 27.6 Å². The molecule has 1 saturated heterocycles. The Hall–Kier alpha value is -4.15. The van der Waals surface area contributed by atoms with E-state index in [1.54, 1.807) is 32.2 Å². The van der Waals surface area contributed by atoms with Crippen LogP contribution in [0.5, 0.6) is 0 Å². The minimum Gasteiger partial charge on any atom is -0.349 e. The number of rotatable bonds is 5. The molecular weight excluding hydrogens is 451 g/mol. The van der Waals surface area contributed by atoms with Gasteiger partial charge < -0.3 is 10.6 Å². The molecule has 4 amide bonds. The van der Waals surface area contributed by atoms with Crippen LogP contribution in [0, 0.1) is 6.92 Å². The molecule has 0 saturated carbocycles. The Balaban J connectivity index is 1.63. The predicted octanol–water partition coefficient (Wildman–Crippen LogP) is 2.88. The van der Waals surface area contributed by atoms with Gasteiger partial charge in [-0.2, -0.15) is 18.3 Å². The molecule has 0 radical (unpaired) electrons. The summed E-state index contributed by atoms with van der Waals surface area (Å²) in [7, 11) is 1.68. The highest BCUT2D eigenvalue weighted by atomic mass is 19.4. The number of halogens is 3. The molecule has 1 aromatic heterocycles. The second-order valence-corrected chi connectivity index (χ2v) is 7.88. The maximum absolute atomic E-state index is 13.1. The lowest BCUT2D eigenvalue weighted by atomic mass is 9.90. The first-order valence-corrected chi connectivity index (χ1v) is 10.2. The van der Waals surface area contributed by atoms with E-state index in [1.165, 1.54) is 29.1 Å². The zero-order valence-corrected chi connectivity index (χ0v) is 18.2. The molecule has 2 heterocycles. The van der Waals surface area contributed by atoms with E-state index in [-0.39, 0.29) is 12.1 Å². The lowest BCUT2D eigenvalue weighted by molar-refractivity contribution is -0.137. The standard InChI is InChI=1S/C23H20F3N5O3/c1-13-18(11-28-31(13)2)22(20(33)29-21(34)30-22)12-27-19(32)17-6-4-3-5-16(17)14-7-9-15(10-8-14)23(24,25)26/h3-11H,12H2,1-2H3,(H,27,32)(H2,29,30,33,34)/t22-/m0/s1. The van der Waals surface area contributed by atoms with Gasteiger partial charge >= 0.3 is 12.2 Å². The van der Waals surface area contributed by atoms with Gasteiger partial charge in [0.05, 0.1) is 18.3 Å². The Bertz CT molecular complexity index is 1280. The summed E-state index contributed by atoms with van der Waals surface area (Å²) in [6.07, 6.45) is -3.02. The van der Waals surface area contributed by atoms with Crippen molar-refractivity contribution in [3.05, 3.63) is 77.1 Å². The van der Waals surface area contributed by atoms with Crippen molar-refractivity contribution in [2.45, 2.75) is 18.6 Å². The number of hydrogen-bond donors (Lipinski definition) is 3. The Morgan fingerprint density at radius 1 is 1.12 bits per heavy atom. The van der Waals surface area contributed by atoms with E-state index in [0.717, 1.165) is 12.1 Å². The fourth-order valence-electron chi connectivity index (χ4n) is 3.90. The minimum atomic E-state index is -4.47. The highest BCUT2D eigenvalue weighted by Gasteiger charge is 2.49. The van der Waals surface area contributed by atoms with Gasteiger partial charge in [-0.05, 0) is 36.2 Å². The summed E-state index contributed by atoms with van der Waals surface area (Å²) >= 11 is 0. The molecule has 1 aliphatic heterocycles. The lowest BCUT2D eigenvalue weighted by Gasteiger charge is -2.26. The van der Waals surface area contributed by atoms with Gasteiger partial charge in [0.1, 0.15) is 0 Å². The quantitative estimate of drug-likeness (QED) is 0.498. The Morgan fingerprint density at radius 2 is 1.79 bits per heavy atom. The fourth-order valence-corrected chi connectivity index (χ4v) is 3.90. The van der Waals surface area contributed by atoms with Crippen molar-refractivity contribution in [2.24, 2.45) is 7.05 Å². The summed E-state index contributed by atoms with van der Waals surface area (Å²) < 4.78 is 40.3. The van der Waals surface area contributed by atoms with Crippen LogP contribution in [0.25, 0.3) is 11.1 Å². The zero-order chi connectivity index (χ0) is 24.7. The smallest absolute Gasteiger partial charge is 0.349 e. The van der Waals surface area contributed by atoms with Crippen molar-refractivity contribution in [1.82, 2.24) is 25.7 Å². The summed E-state index contributed by atoms with van der Waals surface area (Å²) in [5.41, 5.74) is -0.274. The number of carbonyl (C=O) groups excluding carboxylic acids is 3. The minimum absolute atomic E-state index is 0.199. The Morgan fingerprint density at radius 3 is 2.35 bits per heavy atom. The maximum Gasteiger partial charge on any atom is 0.416 e. The van der Waals surface area contributed by atoms with Gasteiger partial charge in [0, 0.05) is 23.9 Å². The Kier molecular flexibility index (Phi) is 5.64. The Labute approximate surface area is 192 Å². The molecule has 3 aromatic rings. The normalized spacial score (nSPS) is 17.9. The molecule has 8 nitrogen and oxygen atoms in total. The molecule has 2 aromatic carbocycles. The summed E-state index contributed by atoms with van der Waals surface area (Å²) in [5, 5.41) is 11.6. The second kappa shape index (κ2) is 8.32. The number of carbonyl (C=O) groups is 3. The van der Waals surface area contributed by atoms with Crippen LogP contribution < -0.4 is 16.0 Å². The van der Waals surface area contributed by atoms with Crippen molar-refractivity contribution < 1.29 is 27.6 Å². The number of benzene rings is 2. The van der Waals surface area contributed by atoms with Gasteiger partial charge in [-0.1, -0.05) is 30.3 Å². The average Bonchev–Trinajstić information content (AvgIpc) is 3.29. The van der Waals surface area contributed by atoms with Crippen LogP contribution in [0.4, 0.5) is 18.0 Å². The van der Waals surface area contributed by atoms with Crippen LogP contribution in [0.1, 0.15) is 27.2 Å². The van der Waals surface area contributed by atoms with Crippen LogP contribution in [0.2, 0.25) is 0 Å². The molecule has 11 heteroatoms. The molecule has 0 spiro atoms. The second-order valence-electron chi connectivity index (χ2n) is 7.88. The van der Waals surface area contributed by atoms with Crippen LogP contribution in [-0.2, 0) is 23.6 Å².